The van der Waals surface area contributed by atoms with Gasteiger partial charge in [-0.1, -0.05) is 12.2 Å². The first-order valence-corrected chi connectivity index (χ1v) is 9.67. The summed E-state index contributed by atoms with van der Waals surface area (Å²) in [6.45, 7) is 2.05. The summed E-state index contributed by atoms with van der Waals surface area (Å²) in [5.74, 6) is -1.76. The van der Waals surface area contributed by atoms with E-state index in [0.717, 1.165) is 66.8 Å². The third-order valence-corrected chi connectivity index (χ3v) is 5.18. The zero-order valence-corrected chi connectivity index (χ0v) is 16.4. The molecule has 0 N–H and O–H groups in total. The molecule has 25 heavy (non-hydrogen) atoms. The van der Waals surface area contributed by atoms with Crippen molar-refractivity contribution in [3.05, 3.63) is 47.0 Å². The molecule has 0 bridgehead atoms. The molecule has 0 aromatic heterocycles. The van der Waals surface area contributed by atoms with Crippen LogP contribution in [0.3, 0.4) is 0 Å². The number of alkyl halides is 3. The molecule has 0 aliphatic heterocycles. The van der Waals surface area contributed by atoms with Gasteiger partial charge in [-0.05, 0) is 69.1 Å². The predicted octanol–water partition coefficient (Wildman–Crippen LogP) is 6.88. The zero-order valence-electron chi connectivity index (χ0n) is 14.2. The standard InChI is InChI=1S/C19H23F4IO/c1-2-3-4-5-13-6-8-15(9-7-13)25-12-14-10-16(20)18(17(21)11-14)19(22,23)24/h2-3,10-11,13,15H,4-9,12H2,1H3. The molecule has 140 valence electrons. The lowest BCUT2D eigenvalue weighted by atomic mass is 9.84. The molecule has 1 saturated carbocycles. The smallest absolute Gasteiger partial charge is 0.327 e. The van der Waals surface area contributed by atoms with Crippen LogP contribution in [-0.2, 0) is 15.3 Å². The van der Waals surface area contributed by atoms with Crippen LogP contribution in [-0.4, -0.2) is 6.10 Å². The maximum Gasteiger partial charge on any atom is 0.327 e. The Kier molecular flexibility index (Phi) is 7.73. The number of hydrogen-bond acceptors (Lipinski definition) is 1. The molecule has 1 aromatic rings. The predicted molar refractivity (Wildman–Crippen MR) is 98.9 cm³/mol. The molecule has 0 atom stereocenters. The summed E-state index contributed by atoms with van der Waals surface area (Å²) in [6.07, 6.45) is 10.6. The highest BCUT2D eigenvalue weighted by molar-refractivity contribution is 14.1. The monoisotopic (exact) mass is 470 g/mol. The van der Waals surface area contributed by atoms with E-state index in [1.165, 1.54) is 6.42 Å². The van der Waals surface area contributed by atoms with E-state index in [1.807, 2.05) is 6.92 Å². The van der Waals surface area contributed by atoms with Crippen molar-refractivity contribution >= 4 is 22.6 Å². The van der Waals surface area contributed by atoms with Gasteiger partial charge < -0.3 is 4.74 Å². The number of allylic oxidation sites excluding steroid dienone is 2. The third-order valence-electron chi connectivity index (χ3n) is 4.64. The first-order valence-electron chi connectivity index (χ1n) is 8.59. The maximum absolute atomic E-state index is 13.8. The van der Waals surface area contributed by atoms with Gasteiger partial charge in [0, 0.05) is 22.6 Å². The van der Waals surface area contributed by atoms with Crippen LogP contribution in [0.4, 0.5) is 17.6 Å². The molecule has 0 radical (unpaired) electrons. The van der Waals surface area contributed by atoms with Gasteiger partial charge in [-0.2, -0.15) is 8.78 Å². The van der Waals surface area contributed by atoms with E-state index in [1.54, 1.807) is 0 Å². The summed E-state index contributed by atoms with van der Waals surface area (Å²) < 4.78 is 56.1. The van der Waals surface area contributed by atoms with Crippen LogP contribution in [0, 0.1) is 17.6 Å². The first-order chi connectivity index (χ1) is 11.8. The summed E-state index contributed by atoms with van der Waals surface area (Å²) in [5.41, 5.74) is -0.951. The quantitative estimate of drug-likeness (QED) is 0.183. The maximum atomic E-state index is 13.8. The summed E-state index contributed by atoms with van der Waals surface area (Å²) in [5, 5.41) is 0. The second-order valence-corrected chi connectivity index (χ2v) is 7.89. The van der Waals surface area contributed by atoms with Crippen molar-refractivity contribution in [1.29, 1.82) is 0 Å². The van der Waals surface area contributed by atoms with E-state index in [0.29, 0.717) is 5.92 Å². The van der Waals surface area contributed by atoms with Gasteiger partial charge in [0.2, 0.25) is 0 Å². The summed E-state index contributed by atoms with van der Waals surface area (Å²) >= 11 is 0.727. The number of halogens is 5. The van der Waals surface area contributed by atoms with Gasteiger partial charge in [0.1, 0.15) is 17.2 Å². The molecule has 1 aromatic carbocycles. The van der Waals surface area contributed by atoms with E-state index in [9.17, 15) is 17.6 Å². The Bertz CT molecular complexity index is 567. The average Bonchev–Trinajstić information content (AvgIpc) is 2.52. The molecule has 0 amide bonds. The van der Waals surface area contributed by atoms with Crippen molar-refractivity contribution in [3.63, 3.8) is 0 Å². The summed E-state index contributed by atoms with van der Waals surface area (Å²) in [4.78, 5) is 0. The van der Waals surface area contributed by atoms with Crippen LogP contribution in [0.5, 0.6) is 0 Å². The van der Waals surface area contributed by atoms with Crippen LogP contribution in [0.2, 0.25) is 0 Å². The third kappa shape index (κ3) is 6.24. The van der Waals surface area contributed by atoms with Gasteiger partial charge in [0.25, 0.3) is 0 Å². The molecule has 6 heteroatoms. The highest BCUT2D eigenvalue weighted by atomic mass is 127. The average molecular weight is 470 g/mol. The Hall–Kier alpha value is -0.630. The molecule has 1 aliphatic carbocycles. The largest absolute Gasteiger partial charge is 0.374 e. The Morgan fingerprint density at radius 1 is 1.16 bits per heavy atom. The fourth-order valence-electron chi connectivity index (χ4n) is 3.28. The Labute approximate surface area is 160 Å². The van der Waals surface area contributed by atoms with E-state index < -0.39 is 21.1 Å². The minimum atomic E-state index is -3.57. The van der Waals surface area contributed by atoms with Gasteiger partial charge in [-0.25, -0.2) is 8.78 Å². The van der Waals surface area contributed by atoms with Gasteiger partial charge in [-0.3, -0.25) is 0 Å². The lowest BCUT2D eigenvalue weighted by molar-refractivity contribution is 0.00617. The van der Waals surface area contributed by atoms with Crippen molar-refractivity contribution in [3.8, 4) is 0 Å². The molecular weight excluding hydrogens is 447 g/mol. The second-order valence-electron chi connectivity index (χ2n) is 6.53. The zero-order chi connectivity index (χ0) is 18.4. The van der Waals surface area contributed by atoms with Gasteiger partial charge in [-0.15, -0.1) is 0 Å². The topological polar surface area (TPSA) is 9.23 Å². The Morgan fingerprint density at radius 3 is 2.28 bits per heavy atom. The van der Waals surface area contributed by atoms with Crippen molar-refractivity contribution < 1.29 is 22.3 Å². The summed E-state index contributed by atoms with van der Waals surface area (Å²) in [6, 6.07) is 1.88. The fourth-order valence-corrected chi connectivity index (χ4v) is 3.79. The van der Waals surface area contributed by atoms with Crippen LogP contribution in [0.25, 0.3) is 0 Å². The second kappa shape index (κ2) is 9.35. The van der Waals surface area contributed by atoms with Crippen molar-refractivity contribution in [1.82, 2.24) is 0 Å². The van der Waals surface area contributed by atoms with Gasteiger partial charge >= 0.3 is 3.93 Å². The number of benzene rings is 1. The lowest BCUT2D eigenvalue weighted by Gasteiger charge is -2.28. The SMILES string of the molecule is CC=CCCC1CCC(OCc2cc(F)c(C(F)(F)I)c(F)c2)CC1. The van der Waals surface area contributed by atoms with Crippen LogP contribution >= 0.6 is 22.6 Å². The van der Waals surface area contributed by atoms with Crippen LogP contribution in [0.15, 0.2) is 24.3 Å². The first kappa shape index (κ1) is 20.7. The molecular formula is C19H23F4IO. The van der Waals surface area contributed by atoms with Crippen LogP contribution < -0.4 is 0 Å². The van der Waals surface area contributed by atoms with Crippen molar-refractivity contribution in [2.45, 2.75) is 62.1 Å². The molecule has 0 saturated heterocycles. The number of ether oxygens (including phenoxy) is 1. The van der Waals surface area contributed by atoms with Crippen molar-refractivity contribution in [2.75, 3.05) is 0 Å². The summed E-state index contributed by atoms with van der Waals surface area (Å²) in [7, 11) is 0. The molecule has 2 rings (SSSR count). The van der Waals surface area contributed by atoms with Crippen LogP contribution in [0.1, 0.15) is 56.6 Å². The van der Waals surface area contributed by atoms with Gasteiger partial charge in [0.05, 0.1) is 12.7 Å². The Balaban J connectivity index is 1.85. The van der Waals surface area contributed by atoms with E-state index in [2.05, 4.69) is 12.2 Å². The highest BCUT2D eigenvalue weighted by Gasteiger charge is 2.34. The number of hydrogen-bond donors (Lipinski definition) is 0. The minimum absolute atomic E-state index is 0.0366. The molecule has 1 fully saturated rings. The molecule has 1 aliphatic rings. The van der Waals surface area contributed by atoms with E-state index in [4.69, 9.17) is 4.74 Å². The number of rotatable bonds is 7. The lowest BCUT2D eigenvalue weighted by Crippen LogP contribution is -2.21. The van der Waals surface area contributed by atoms with Gasteiger partial charge in [0.15, 0.2) is 0 Å². The van der Waals surface area contributed by atoms with E-state index >= 15 is 0 Å². The molecule has 1 nitrogen and oxygen atoms in total. The Morgan fingerprint density at radius 2 is 1.76 bits per heavy atom. The van der Waals surface area contributed by atoms with E-state index in [-0.39, 0.29) is 18.3 Å². The fraction of sp³-hybridized carbons (Fsp3) is 0.579. The molecule has 0 heterocycles. The highest BCUT2D eigenvalue weighted by Crippen LogP contribution is 2.39. The minimum Gasteiger partial charge on any atom is -0.374 e. The molecule has 0 spiro atoms. The van der Waals surface area contributed by atoms with Crippen molar-refractivity contribution in [2.24, 2.45) is 5.92 Å². The molecule has 0 unspecified atom stereocenters. The normalized spacial score (nSPS) is 21.8.